The molecule has 1 amide bonds. The molecule has 1 atom stereocenters. The maximum Gasteiger partial charge on any atom is 0.223 e. The summed E-state index contributed by atoms with van der Waals surface area (Å²) in [6.45, 7) is 4.16. The lowest BCUT2D eigenvalue weighted by Crippen LogP contribution is -2.46. The van der Waals surface area contributed by atoms with Crippen LogP contribution in [-0.4, -0.2) is 60.2 Å². The van der Waals surface area contributed by atoms with Crippen LogP contribution in [0.3, 0.4) is 0 Å². The first-order valence-corrected chi connectivity index (χ1v) is 8.82. The van der Waals surface area contributed by atoms with Gasteiger partial charge in [0.15, 0.2) is 11.5 Å². The first-order chi connectivity index (χ1) is 10.7. The van der Waals surface area contributed by atoms with E-state index in [1.165, 1.54) is 0 Å². The molecule has 1 aromatic carbocycles. The molecule has 0 bridgehead atoms. The number of ether oxygens (including phenoxy) is 2. The van der Waals surface area contributed by atoms with Crippen LogP contribution in [0.15, 0.2) is 23.1 Å². The van der Waals surface area contributed by atoms with Crippen molar-refractivity contribution in [2.75, 3.05) is 45.1 Å². The lowest BCUT2D eigenvalue weighted by atomic mass is 10.3. The summed E-state index contributed by atoms with van der Waals surface area (Å²) in [5, 5.41) is 3.21. The molecule has 1 unspecified atom stereocenters. The number of nitrogens with zero attached hydrogens (tertiary/aromatic N) is 1. The molecule has 1 aromatic rings. The van der Waals surface area contributed by atoms with Crippen LogP contribution in [0.1, 0.15) is 6.42 Å². The second-order valence-corrected chi connectivity index (χ2v) is 6.81. The molecule has 2 heterocycles. The van der Waals surface area contributed by atoms with Crippen molar-refractivity contribution in [1.29, 1.82) is 0 Å². The number of piperazine rings is 1. The minimum atomic E-state index is -1.21. The molecule has 1 saturated heterocycles. The van der Waals surface area contributed by atoms with Crippen LogP contribution < -0.4 is 14.8 Å². The highest BCUT2D eigenvalue weighted by Gasteiger charge is 2.18. The van der Waals surface area contributed by atoms with Crippen molar-refractivity contribution in [3.8, 4) is 11.5 Å². The zero-order valence-electron chi connectivity index (χ0n) is 12.4. The number of nitrogens with one attached hydrogen (secondary N) is 1. The summed E-state index contributed by atoms with van der Waals surface area (Å²) in [6.07, 6.45) is 0.307. The molecular weight excluding hydrogens is 304 g/mol. The van der Waals surface area contributed by atoms with Gasteiger partial charge in [-0.05, 0) is 12.1 Å². The molecule has 120 valence electrons. The first-order valence-electron chi connectivity index (χ1n) is 7.50. The van der Waals surface area contributed by atoms with Gasteiger partial charge in [0.05, 0.1) is 10.8 Å². The maximum absolute atomic E-state index is 12.3. The van der Waals surface area contributed by atoms with E-state index in [1.807, 2.05) is 4.90 Å². The van der Waals surface area contributed by atoms with Gasteiger partial charge >= 0.3 is 0 Å². The Morgan fingerprint density at radius 1 is 1.18 bits per heavy atom. The minimum absolute atomic E-state index is 0.0763. The van der Waals surface area contributed by atoms with Gasteiger partial charge in [-0.2, -0.15) is 0 Å². The van der Waals surface area contributed by atoms with Crippen molar-refractivity contribution in [2.45, 2.75) is 11.3 Å². The van der Waals surface area contributed by atoms with Gasteiger partial charge in [-0.15, -0.1) is 0 Å². The Labute approximate surface area is 132 Å². The topological polar surface area (TPSA) is 67.9 Å². The van der Waals surface area contributed by atoms with Crippen LogP contribution in [0.25, 0.3) is 0 Å². The number of rotatable bonds is 4. The molecule has 0 spiro atoms. The van der Waals surface area contributed by atoms with Gasteiger partial charge in [0.1, 0.15) is 13.2 Å². The molecule has 0 radical (unpaired) electrons. The smallest absolute Gasteiger partial charge is 0.223 e. The molecule has 0 saturated carbocycles. The number of hydrogen-bond acceptors (Lipinski definition) is 5. The largest absolute Gasteiger partial charge is 0.486 e. The molecule has 6 nitrogen and oxygen atoms in total. The average Bonchev–Trinajstić information content (AvgIpc) is 2.59. The quantitative estimate of drug-likeness (QED) is 0.868. The second kappa shape index (κ2) is 7.11. The van der Waals surface area contributed by atoms with E-state index in [-0.39, 0.29) is 5.91 Å². The van der Waals surface area contributed by atoms with Crippen molar-refractivity contribution >= 4 is 16.7 Å². The Morgan fingerprint density at radius 3 is 2.68 bits per heavy atom. The summed E-state index contributed by atoms with van der Waals surface area (Å²) in [5.41, 5.74) is 0. The Kier molecular flexibility index (Phi) is 4.94. The highest BCUT2D eigenvalue weighted by Crippen LogP contribution is 2.31. The van der Waals surface area contributed by atoms with E-state index in [2.05, 4.69) is 5.32 Å². The van der Waals surface area contributed by atoms with Crippen molar-refractivity contribution in [1.82, 2.24) is 10.2 Å². The summed E-state index contributed by atoms with van der Waals surface area (Å²) in [6, 6.07) is 5.30. The SMILES string of the molecule is O=C(CCS(=O)c1ccc2c(c1)OCCO2)N1CCNCC1. The number of fused-ring (bicyclic) bond motifs is 1. The Balaban J connectivity index is 1.56. The predicted octanol–water partition coefficient (Wildman–Crippen LogP) is 0.387. The fourth-order valence-corrected chi connectivity index (χ4v) is 3.59. The number of benzene rings is 1. The van der Waals surface area contributed by atoms with E-state index in [4.69, 9.17) is 9.47 Å². The third kappa shape index (κ3) is 3.59. The molecular formula is C15H20N2O4S. The predicted molar refractivity (Wildman–Crippen MR) is 82.8 cm³/mol. The number of hydrogen-bond donors (Lipinski definition) is 1. The normalized spacial score (nSPS) is 18.8. The van der Waals surface area contributed by atoms with Gasteiger partial charge in [-0.1, -0.05) is 0 Å². The summed E-state index contributed by atoms with van der Waals surface area (Å²) >= 11 is 0. The van der Waals surface area contributed by atoms with Gasteiger partial charge < -0.3 is 19.7 Å². The molecule has 0 aromatic heterocycles. The zero-order valence-corrected chi connectivity index (χ0v) is 13.2. The van der Waals surface area contributed by atoms with Gasteiger partial charge in [0.25, 0.3) is 0 Å². The number of amides is 1. The molecule has 7 heteroatoms. The van der Waals surface area contributed by atoms with Gasteiger partial charge in [0.2, 0.25) is 5.91 Å². The summed E-state index contributed by atoms with van der Waals surface area (Å²) in [4.78, 5) is 14.6. The minimum Gasteiger partial charge on any atom is -0.486 e. The van der Waals surface area contributed by atoms with Gasteiger partial charge in [-0.3, -0.25) is 9.00 Å². The van der Waals surface area contributed by atoms with Gasteiger partial charge in [0, 0.05) is 49.3 Å². The fraction of sp³-hybridized carbons (Fsp3) is 0.533. The molecule has 1 fully saturated rings. The summed E-state index contributed by atoms with van der Waals surface area (Å²) in [5.74, 6) is 1.73. The highest BCUT2D eigenvalue weighted by atomic mass is 32.2. The number of carbonyl (C=O) groups excluding carboxylic acids is 1. The Bertz CT molecular complexity index is 573. The van der Waals surface area contributed by atoms with Crippen molar-refractivity contribution in [3.63, 3.8) is 0 Å². The molecule has 22 heavy (non-hydrogen) atoms. The molecule has 2 aliphatic heterocycles. The average molecular weight is 324 g/mol. The molecule has 0 aliphatic carbocycles. The van der Waals surface area contributed by atoms with Crippen LogP contribution in [0.2, 0.25) is 0 Å². The van der Waals surface area contributed by atoms with Crippen LogP contribution in [0.5, 0.6) is 11.5 Å². The summed E-state index contributed by atoms with van der Waals surface area (Å²) < 4.78 is 23.3. The van der Waals surface area contributed by atoms with Crippen LogP contribution >= 0.6 is 0 Å². The van der Waals surface area contributed by atoms with E-state index in [9.17, 15) is 9.00 Å². The van der Waals surface area contributed by atoms with Gasteiger partial charge in [-0.25, -0.2) is 0 Å². The van der Waals surface area contributed by atoms with E-state index >= 15 is 0 Å². The van der Waals surface area contributed by atoms with Crippen LogP contribution in [0, 0.1) is 0 Å². The van der Waals surface area contributed by atoms with Crippen molar-refractivity contribution < 1.29 is 18.5 Å². The standard InChI is InChI=1S/C15H20N2O4S/c18-15(17-6-4-16-5-7-17)3-10-22(19)12-1-2-13-14(11-12)21-9-8-20-13/h1-2,11,16H,3-10H2. The summed E-state index contributed by atoms with van der Waals surface area (Å²) in [7, 11) is -1.21. The zero-order chi connectivity index (χ0) is 15.4. The Morgan fingerprint density at radius 2 is 1.91 bits per heavy atom. The first kappa shape index (κ1) is 15.3. The maximum atomic E-state index is 12.3. The third-order valence-corrected chi connectivity index (χ3v) is 5.10. The molecule has 2 aliphatic rings. The lowest BCUT2D eigenvalue weighted by molar-refractivity contribution is -0.131. The lowest BCUT2D eigenvalue weighted by Gasteiger charge is -2.27. The fourth-order valence-electron chi connectivity index (χ4n) is 2.54. The van der Waals surface area contributed by atoms with E-state index < -0.39 is 10.8 Å². The number of carbonyl (C=O) groups is 1. The van der Waals surface area contributed by atoms with E-state index in [1.54, 1.807) is 18.2 Å². The molecule has 1 N–H and O–H groups in total. The highest BCUT2D eigenvalue weighted by molar-refractivity contribution is 7.85. The second-order valence-electron chi connectivity index (χ2n) is 5.24. The van der Waals surface area contributed by atoms with Crippen LogP contribution in [0.4, 0.5) is 0 Å². The van der Waals surface area contributed by atoms with E-state index in [0.717, 1.165) is 26.2 Å². The van der Waals surface area contributed by atoms with Crippen molar-refractivity contribution in [3.05, 3.63) is 18.2 Å². The molecule has 3 rings (SSSR count). The third-order valence-electron chi connectivity index (χ3n) is 3.75. The monoisotopic (exact) mass is 324 g/mol. The van der Waals surface area contributed by atoms with Crippen LogP contribution in [-0.2, 0) is 15.6 Å². The van der Waals surface area contributed by atoms with E-state index in [0.29, 0.717) is 41.8 Å². The Hall–Kier alpha value is -1.60. The van der Waals surface area contributed by atoms with Crippen molar-refractivity contribution in [2.24, 2.45) is 0 Å².